The molecule has 0 aliphatic heterocycles. The van der Waals surface area contributed by atoms with Crippen molar-refractivity contribution in [2.75, 3.05) is 0 Å². The molecule has 1 atom stereocenters. The standard InChI is InChI=1S/C16H11F2IO5/c17-16(18,15(22)23)13(9-4-2-1-3-5-9)24-14(21)11-7-6-10(19)8-12(11)20/h1-8,13,20H,(H,22,23). The molecule has 1 unspecified atom stereocenters. The minimum Gasteiger partial charge on any atom is -0.507 e. The number of ether oxygens (including phenoxy) is 1. The highest BCUT2D eigenvalue weighted by Gasteiger charge is 2.51. The van der Waals surface area contributed by atoms with Gasteiger partial charge >= 0.3 is 17.9 Å². The van der Waals surface area contributed by atoms with Crippen LogP contribution in [0.15, 0.2) is 48.5 Å². The molecule has 0 aliphatic carbocycles. The topological polar surface area (TPSA) is 83.8 Å². The summed E-state index contributed by atoms with van der Waals surface area (Å²) in [7, 11) is 0. The van der Waals surface area contributed by atoms with Gasteiger partial charge in [0.15, 0.2) is 0 Å². The summed E-state index contributed by atoms with van der Waals surface area (Å²) in [5.41, 5.74) is -0.513. The fraction of sp³-hybridized carbons (Fsp3) is 0.125. The normalized spacial score (nSPS) is 12.5. The first-order chi connectivity index (χ1) is 11.2. The number of carbonyl (C=O) groups excluding carboxylic acids is 1. The van der Waals surface area contributed by atoms with E-state index in [2.05, 4.69) is 0 Å². The van der Waals surface area contributed by atoms with Crippen molar-refractivity contribution in [1.29, 1.82) is 0 Å². The van der Waals surface area contributed by atoms with Gasteiger partial charge in [0.05, 0.1) is 0 Å². The predicted molar refractivity (Wildman–Crippen MR) is 88.0 cm³/mol. The summed E-state index contributed by atoms with van der Waals surface area (Å²) < 4.78 is 33.4. The van der Waals surface area contributed by atoms with Crippen LogP contribution in [0.5, 0.6) is 5.75 Å². The Hall–Kier alpha value is -2.23. The number of esters is 1. The average Bonchev–Trinajstić information content (AvgIpc) is 2.52. The second-order valence-corrected chi connectivity index (χ2v) is 6.03. The maximum atomic E-state index is 14.0. The first-order valence-corrected chi connectivity index (χ1v) is 7.67. The first-order valence-electron chi connectivity index (χ1n) is 6.59. The number of hydrogen-bond donors (Lipinski definition) is 2. The van der Waals surface area contributed by atoms with E-state index in [1.807, 2.05) is 22.6 Å². The van der Waals surface area contributed by atoms with E-state index in [1.165, 1.54) is 42.5 Å². The molecule has 2 aromatic carbocycles. The lowest BCUT2D eigenvalue weighted by atomic mass is 10.0. The van der Waals surface area contributed by atoms with Gasteiger partial charge in [-0.05, 0) is 46.4 Å². The van der Waals surface area contributed by atoms with Gasteiger partial charge in [0.25, 0.3) is 0 Å². The molecular weight excluding hydrogens is 437 g/mol. The first kappa shape index (κ1) is 18.1. The third-order valence-electron chi connectivity index (χ3n) is 3.12. The van der Waals surface area contributed by atoms with E-state index in [0.717, 1.165) is 0 Å². The molecule has 0 aromatic heterocycles. The van der Waals surface area contributed by atoms with Crippen LogP contribution in [0.25, 0.3) is 0 Å². The van der Waals surface area contributed by atoms with Crippen LogP contribution in [-0.4, -0.2) is 28.1 Å². The molecule has 0 spiro atoms. The van der Waals surface area contributed by atoms with Gasteiger partial charge in [0.2, 0.25) is 6.10 Å². The van der Waals surface area contributed by atoms with Gasteiger partial charge < -0.3 is 14.9 Å². The van der Waals surface area contributed by atoms with Crippen molar-refractivity contribution in [3.8, 4) is 5.75 Å². The van der Waals surface area contributed by atoms with Crippen LogP contribution >= 0.6 is 22.6 Å². The molecule has 126 valence electrons. The fourth-order valence-electron chi connectivity index (χ4n) is 1.94. The van der Waals surface area contributed by atoms with Crippen LogP contribution in [0.4, 0.5) is 8.78 Å². The second kappa shape index (κ2) is 7.12. The molecule has 5 nitrogen and oxygen atoms in total. The minimum atomic E-state index is -4.34. The number of aliphatic carboxylic acids is 1. The highest BCUT2D eigenvalue weighted by Crippen LogP contribution is 2.36. The zero-order chi connectivity index (χ0) is 17.9. The molecule has 8 heteroatoms. The van der Waals surface area contributed by atoms with Gasteiger partial charge in [-0.2, -0.15) is 8.78 Å². The summed E-state index contributed by atoms with van der Waals surface area (Å²) in [5.74, 6) is -8.46. The molecule has 2 aromatic rings. The van der Waals surface area contributed by atoms with E-state index in [0.29, 0.717) is 3.57 Å². The zero-order valence-electron chi connectivity index (χ0n) is 11.9. The molecule has 0 radical (unpaired) electrons. The van der Waals surface area contributed by atoms with Crippen LogP contribution in [0.2, 0.25) is 0 Å². The van der Waals surface area contributed by atoms with Crippen LogP contribution in [0.1, 0.15) is 22.0 Å². The van der Waals surface area contributed by atoms with Crippen molar-refractivity contribution < 1.29 is 33.3 Å². The molecule has 0 fully saturated rings. The average molecular weight is 448 g/mol. The number of rotatable bonds is 5. The Kier molecular flexibility index (Phi) is 5.37. The quantitative estimate of drug-likeness (QED) is 0.540. The van der Waals surface area contributed by atoms with E-state index in [4.69, 9.17) is 9.84 Å². The number of phenols is 1. The van der Waals surface area contributed by atoms with Crippen LogP contribution in [-0.2, 0) is 9.53 Å². The zero-order valence-corrected chi connectivity index (χ0v) is 14.1. The number of aromatic hydroxyl groups is 1. The number of carbonyl (C=O) groups is 2. The third kappa shape index (κ3) is 3.81. The van der Waals surface area contributed by atoms with Gasteiger partial charge in [0, 0.05) is 3.57 Å². The molecule has 0 saturated carbocycles. The molecule has 2 rings (SSSR count). The molecule has 2 N–H and O–H groups in total. The summed E-state index contributed by atoms with van der Waals surface area (Å²) in [4.78, 5) is 23.0. The Bertz CT molecular complexity index is 764. The monoisotopic (exact) mass is 448 g/mol. The highest BCUT2D eigenvalue weighted by molar-refractivity contribution is 14.1. The van der Waals surface area contributed by atoms with E-state index in [1.54, 1.807) is 6.07 Å². The number of alkyl halides is 2. The molecule has 0 amide bonds. The molecule has 0 aliphatic rings. The number of hydrogen-bond acceptors (Lipinski definition) is 4. The lowest BCUT2D eigenvalue weighted by Crippen LogP contribution is -2.38. The summed E-state index contributed by atoms with van der Waals surface area (Å²) in [5, 5.41) is 18.5. The van der Waals surface area contributed by atoms with Crippen LogP contribution in [0, 0.1) is 3.57 Å². The third-order valence-corrected chi connectivity index (χ3v) is 3.79. The van der Waals surface area contributed by atoms with E-state index >= 15 is 0 Å². The highest BCUT2D eigenvalue weighted by atomic mass is 127. The Morgan fingerprint density at radius 3 is 2.29 bits per heavy atom. The Morgan fingerprint density at radius 1 is 1.12 bits per heavy atom. The number of phenolic OH excluding ortho intramolecular Hbond substituents is 1. The Morgan fingerprint density at radius 2 is 1.75 bits per heavy atom. The summed E-state index contributed by atoms with van der Waals surface area (Å²) in [6.07, 6.45) is -2.33. The largest absolute Gasteiger partial charge is 0.507 e. The summed E-state index contributed by atoms with van der Waals surface area (Å²) in [6.45, 7) is 0. The number of carboxylic acids is 1. The van der Waals surface area contributed by atoms with Crippen molar-refractivity contribution in [3.05, 3.63) is 63.2 Å². The molecule has 0 bridgehead atoms. The van der Waals surface area contributed by atoms with Gasteiger partial charge in [0.1, 0.15) is 11.3 Å². The molecule has 0 heterocycles. The maximum Gasteiger partial charge on any atom is 0.382 e. The molecular formula is C16H11F2IO5. The lowest BCUT2D eigenvalue weighted by molar-refractivity contribution is -0.183. The molecule has 0 saturated heterocycles. The predicted octanol–water partition coefficient (Wildman–Crippen LogP) is 3.61. The van der Waals surface area contributed by atoms with E-state index in [-0.39, 0.29) is 11.1 Å². The Balaban J connectivity index is 2.38. The summed E-state index contributed by atoms with van der Waals surface area (Å²) in [6, 6.07) is 10.8. The Labute approximate surface area is 149 Å². The second-order valence-electron chi connectivity index (χ2n) is 4.79. The van der Waals surface area contributed by atoms with Crippen molar-refractivity contribution in [2.24, 2.45) is 0 Å². The van der Waals surface area contributed by atoms with E-state index in [9.17, 15) is 23.5 Å². The SMILES string of the molecule is O=C(OC(c1ccccc1)C(F)(F)C(=O)O)c1ccc(I)cc1O. The van der Waals surface area contributed by atoms with Crippen molar-refractivity contribution >= 4 is 34.5 Å². The van der Waals surface area contributed by atoms with Crippen LogP contribution in [0.3, 0.4) is 0 Å². The lowest BCUT2D eigenvalue weighted by Gasteiger charge is -2.24. The van der Waals surface area contributed by atoms with Crippen LogP contribution < -0.4 is 0 Å². The van der Waals surface area contributed by atoms with Gasteiger partial charge in [-0.3, -0.25) is 0 Å². The number of halogens is 3. The van der Waals surface area contributed by atoms with Gasteiger partial charge in [-0.25, -0.2) is 9.59 Å². The number of carboxylic acid groups (broad SMARTS) is 1. The summed E-state index contributed by atoms with van der Waals surface area (Å²) >= 11 is 1.89. The maximum absolute atomic E-state index is 14.0. The fourth-order valence-corrected chi connectivity index (χ4v) is 2.41. The van der Waals surface area contributed by atoms with E-state index < -0.39 is 29.7 Å². The van der Waals surface area contributed by atoms with Crippen molar-refractivity contribution in [1.82, 2.24) is 0 Å². The molecule has 24 heavy (non-hydrogen) atoms. The smallest absolute Gasteiger partial charge is 0.382 e. The number of benzene rings is 2. The van der Waals surface area contributed by atoms with Crippen molar-refractivity contribution in [2.45, 2.75) is 12.0 Å². The van der Waals surface area contributed by atoms with Gasteiger partial charge in [-0.15, -0.1) is 0 Å². The van der Waals surface area contributed by atoms with Crippen molar-refractivity contribution in [3.63, 3.8) is 0 Å². The van der Waals surface area contributed by atoms with Gasteiger partial charge in [-0.1, -0.05) is 30.3 Å². The minimum absolute atomic E-state index is 0.178.